The van der Waals surface area contributed by atoms with Gasteiger partial charge >= 0.3 is 0 Å². The van der Waals surface area contributed by atoms with Crippen LogP contribution in [0.2, 0.25) is 0 Å². The van der Waals surface area contributed by atoms with E-state index in [1.165, 1.54) is 180 Å². The van der Waals surface area contributed by atoms with Gasteiger partial charge in [-0.05, 0) is 167 Å². The van der Waals surface area contributed by atoms with Crippen molar-refractivity contribution >= 4 is 137 Å². The van der Waals surface area contributed by atoms with Gasteiger partial charge in [0, 0.05) is 86.3 Å². The lowest BCUT2D eigenvalue weighted by molar-refractivity contribution is 0.195. The monoisotopic (exact) mass is 1150 g/mol. The molecule has 7 heterocycles. The van der Waals surface area contributed by atoms with E-state index in [0.29, 0.717) is 0 Å². The van der Waals surface area contributed by atoms with Crippen LogP contribution < -0.4 is 31.1 Å². The predicted octanol–water partition coefficient (Wildman–Crippen LogP) is 20.4. The number of anilines is 7. The molecule has 0 bridgehead atoms. The van der Waals surface area contributed by atoms with Crippen molar-refractivity contribution in [2.24, 2.45) is 0 Å². The third-order valence-electron chi connectivity index (χ3n) is 23.1. The van der Waals surface area contributed by atoms with E-state index in [9.17, 15) is 0 Å². The average Bonchev–Trinajstić information content (AvgIpc) is 1.67. The molecule has 0 radical (unpaired) electrons. The van der Waals surface area contributed by atoms with Crippen LogP contribution in [0.3, 0.4) is 0 Å². The lowest BCUT2D eigenvalue weighted by Gasteiger charge is -2.51. The minimum atomic E-state index is -0.165. The van der Waals surface area contributed by atoms with E-state index in [-0.39, 0.29) is 44.9 Å². The first kappa shape index (κ1) is 52.5. The summed E-state index contributed by atoms with van der Waals surface area (Å²) < 4.78 is 8.17. The molecule has 3 aromatic heterocycles. The van der Waals surface area contributed by atoms with Crippen LogP contribution in [0.5, 0.6) is 0 Å². The Morgan fingerprint density at radius 1 is 0.412 bits per heavy atom. The standard InChI is InChI=1S/C78H79BN4S2/c1-72(2,3)46-29-33-58-54(40-46)75(10)35-18-20-37-77(75,12)82(58)49-31-32-56-61(43-49)80(60-25-22-28-66-67(60)51-23-14-16-26-64(51)84-66)62-44-50(83-59-34-30-47(73(4,5)6)41-55(59)76(11)36-19-21-38-78(76,83)13)45-63-68(62)79(56)57-42-48(74(7,8)9)39-53-69(57)81(63)70-52-24-15-17-27-65(52)85-71(53)70/h14-17,22-34,39-45H,18-21,35-38H2,1-13H3. The number of hydrogen-bond donors (Lipinski definition) is 0. The Balaban J connectivity index is 1.03. The minimum absolute atomic E-state index is 0.0107. The summed E-state index contributed by atoms with van der Waals surface area (Å²) in [7, 11) is 0. The fraction of sp³-hybridized carbons (Fsp3) is 0.359. The normalized spacial score (nSPS) is 23.3. The maximum atomic E-state index is 2.88. The highest BCUT2D eigenvalue weighted by molar-refractivity contribution is 7.27. The fourth-order valence-electron chi connectivity index (χ4n) is 18.1. The molecule has 0 spiro atoms. The topological polar surface area (TPSA) is 14.7 Å². The SMILES string of the molecule is CC(C)(C)c1ccc2c(c1)C1(C)CCCCC1(C)N2c1ccc2c(c1)N(c1cccc3sc4ccccc4c13)c1cc(N3c4ccc(C(C)(C)C)cc4C4(C)CCCCC34C)cc3c1B2c1cc(C(C)(C)C)cc2c4sc5ccccc5c4n-3c12. The quantitative estimate of drug-likeness (QED) is 0.164. The zero-order valence-electron chi connectivity index (χ0n) is 52.2. The van der Waals surface area contributed by atoms with Crippen LogP contribution >= 0.6 is 22.7 Å². The summed E-state index contributed by atoms with van der Waals surface area (Å²) in [5, 5.41) is 5.37. The molecule has 0 N–H and O–H groups in total. The van der Waals surface area contributed by atoms with Crippen LogP contribution in [0.4, 0.5) is 39.8 Å². The smallest absolute Gasteiger partial charge is 0.252 e. The largest absolute Gasteiger partial charge is 0.334 e. The maximum Gasteiger partial charge on any atom is 0.252 e. The maximum absolute atomic E-state index is 2.88. The van der Waals surface area contributed by atoms with Crippen molar-refractivity contribution < 1.29 is 0 Å². The van der Waals surface area contributed by atoms with E-state index in [4.69, 9.17) is 0 Å². The molecular formula is C78H79BN4S2. The van der Waals surface area contributed by atoms with Gasteiger partial charge in [0.2, 0.25) is 0 Å². The molecule has 426 valence electrons. The van der Waals surface area contributed by atoms with E-state index in [1.807, 2.05) is 22.7 Å². The molecule has 0 amide bonds. The third-order valence-corrected chi connectivity index (χ3v) is 25.4. The van der Waals surface area contributed by atoms with Crippen molar-refractivity contribution in [2.75, 3.05) is 14.7 Å². The first-order valence-electron chi connectivity index (χ1n) is 32.0. The zero-order chi connectivity index (χ0) is 58.4. The van der Waals surface area contributed by atoms with E-state index in [2.05, 4.69) is 255 Å². The van der Waals surface area contributed by atoms with Crippen molar-refractivity contribution in [1.82, 2.24) is 4.57 Å². The van der Waals surface area contributed by atoms with Crippen molar-refractivity contribution in [2.45, 2.75) is 180 Å². The highest BCUT2D eigenvalue weighted by Crippen LogP contribution is 2.64. The second-order valence-corrected chi connectivity index (χ2v) is 32.9. The van der Waals surface area contributed by atoms with Gasteiger partial charge in [0.25, 0.3) is 6.71 Å². The molecule has 2 aliphatic carbocycles. The Labute approximate surface area is 511 Å². The van der Waals surface area contributed by atoms with Crippen molar-refractivity contribution in [3.8, 4) is 5.69 Å². The lowest BCUT2D eigenvalue weighted by Crippen LogP contribution is -2.61. The number of rotatable bonds is 3. The van der Waals surface area contributed by atoms with Crippen LogP contribution in [0.15, 0.2) is 146 Å². The molecule has 2 fully saturated rings. The lowest BCUT2D eigenvalue weighted by atomic mass is 9.33. The molecule has 8 aromatic carbocycles. The van der Waals surface area contributed by atoms with Crippen LogP contribution in [0.1, 0.15) is 169 Å². The highest BCUT2D eigenvalue weighted by Gasteiger charge is 2.60. The average molecular weight is 1150 g/mol. The fourth-order valence-corrected chi connectivity index (χ4v) is 20.4. The summed E-state index contributed by atoms with van der Waals surface area (Å²) in [4.78, 5) is 8.52. The molecule has 7 heteroatoms. The molecule has 2 saturated carbocycles. The summed E-state index contributed by atoms with van der Waals surface area (Å²) in [6.07, 6.45) is 9.60. The minimum Gasteiger partial charge on any atom is -0.334 e. The number of aromatic nitrogens is 1. The molecule has 4 unspecified atom stereocenters. The Morgan fingerprint density at radius 3 is 1.60 bits per heavy atom. The summed E-state index contributed by atoms with van der Waals surface area (Å²) in [6.45, 7) is 32.0. The number of thiophene rings is 2. The Bertz CT molecular complexity index is 4740. The molecule has 4 aliphatic heterocycles. The summed E-state index contributed by atoms with van der Waals surface area (Å²) in [5.74, 6) is 0. The van der Waals surface area contributed by atoms with Gasteiger partial charge in [0.05, 0.1) is 32.5 Å². The summed E-state index contributed by atoms with van der Waals surface area (Å²) in [6, 6.07) is 59.2. The van der Waals surface area contributed by atoms with Gasteiger partial charge in [-0.25, -0.2) is 0 Å². The number of nitrogens with zero attached hydrogens (tertiary/aromatic N) is 4. The van der Waals surface area contributed by atoms with E-state index in [0.717, 1.165) is 12.8 Å². The van der Waals surface area contributed by atoms with Crippen LogP contribution in [0, 0.1) is 0 Å². The van der Waals surface area contributed by atoms with Crippen LogP contribution in [-0.2, 0) is 27.1 Å². The number of hydrogen-bond acceptors (Lipinski definition) is 5. The molecule has 6 aliphatic rings. The van der Waals surface area contributed by atoms with Gasteiger partial charge in [0.1, 0.15) is 0 Å². The van der Waals surface area contributed by atoms with Crippen molar-refractivity contribution in [1.29, 1.82) is 0 Å². The van der Waals surface area contributed by atoms with Gasteiger partial charge in [-0.1, -0.05) is 181 Å². The highest BCUT2D eigenvalue weighted by atomic mass is 32.1. The Kier molecular flexibility index (Phi) is 10.5. The summed E-state index contributed by atoms with van der Waals surface area (Å²) >= 11 is 3.92. The van der Waals surface area contributed by atoms with Gasteiger partial charge < -0.3 is 19.3 Å². The summed E-state index contributed by atoms with van der Waals surface area (Å²) in [5.41, 5.74) is 24.3. The molecule has 4 atom stereocenters. The van der Waals surface area contributed by atoms with Gasteiger partial charge in [-0.15, -0.1) is 22.7 Å². The van der Waals surface area contributed by atoms with Gasteiger partial charge in [-0.3, -0.25) is 0 Å². The van der Waals surface area contributed by atoms with E-state index >= 15 is 0 Å². The molecule has 4 nitrogen and oxygen atoms in total. The third kappa shape index (κ3) is 6.76. The Morgan fingerprint density at radius 2 is 0.965 bits per heavy atom. The van der Waals surface area contributed by atoms with Crippen molar-refractivity contribution in [3.63, 3.8) is 0 Å². The van der Waals surface area contributed by atoms with Crippen LogP contribution in [0.25, 0.3) is 57.1 Å². The van der Waals surface area contributed by atoms with E-state index < -0.39 is 0 Å². The molecule has 0 saturated heterocycles. The first-order valence-corrected chi connectivity index (χ1v) is 33.6. The van der Waals surface area contributed by atoms with Crippen LogP contribution in [-0.4, -0.2) is 22.4 Å². The van der Waals surface area contributed by atoms with Crippen molar-refractivity contribution in [3.05, 3.63) is 173 Å². The Hall–Kier alpha value is -6.80. The number of fused-ring (bicyclic) bond motifs is 18. The van der Waals surface area contributed by atoms with Gasteiger partial charge in [0.15, 0.2) is 0 Å². The molecular weight excluding hydrogens is 1070 g/mol. The first-order chi connectivity index (χ1) is 40.5. The predicted molar refractivity (Wildman–Crippen MR) is 370 cm³/mol. The number of benzene rings is 8. The second-order valence-electron chi connectivity index (χ2n) is 30.7. The zero-order valence-corrected chi connectivity index (χ0v) is 53.8. The molecule has 11 aromatic rings. The van der Waals surface area contributed by atoms with E-state index in [1.54, 1.807) is 0 Å². The molecule has 85 heavy (non-hydrogen) atoms. The second kappa shape index (κ2) is 17.0. The molecule has 17 rings (SSSR count). The van der Waals surface area contributed by atoms with Gasteiger partial charge in [-0.2, -0.15) is 0 Å².